The average Bonchev–Trinajstić information content (AvgIpc) is 3.32. The Labute approximate surface area is 204 Å². The van der Waals surface area contributed by atoms with E-state index in [1.54, 1.807) is 12.1 Å². The second-order valence-corrected chi connectivity index (χ2v) is 7.58. The smallest absolute Gasteiger partial charge is 0.291 e. The van der Waals surface area contributed by atoms with Crippen LogP contribution in [0.5, 0.6) is 0 Å². The Kier molecular flexibility index (Phi) is 11.0. The summed E-state index contributed by atoms with van der Waals surface area (Å²) in [6.45, 7) is 4.22. The molecule has 0 aliphatic heterocycles. The number of nitrogens with one attached hydrogen (secondary N) is 3. The summed E-state index contributed by atoms with van der Waals surface area (Å²) < 4.78 is 5.10. The number of rotatable bonds is 9. The molecule has 0 unspecified atom stereocenters. The van der Waals surface area contributed by atoms with Crippen LogP contribution in [-0.2, 0) is 6.54 Å². The van der Waals surface area contributed by atoms with Crippen LogP contribution in [0.1, 0.15) is 23.0 Å². The van der Waals surface area contributed by atoms with Gasteiger partial charge in [0.1, 0.15) is 0 Å². The van der Waals surface area contributed by atoms with Crippen molar-refractivity contribution >= 4 is 53.3 Å². The number of furan rings is 1. The highest BCUT2D eigenvalue weighted by Gasteiger charge is 2.08. The van der Waals surface area contributed by atoms with E-state index in [4.69, 9.17) is 4.42 Å². The Morgan fingerprint density at radius 2 is 1.77 bits per heavy atom. The first-order valence-corrected chi connectivity index (χ1v) is 10.9. The van der Waals surface area contributed by atoms with E-state index in [2.05, 4.69) is 45.2 Å². The summed E-state index contributed by atoms with van der Waals surface area (Å²) in [7, 11) is 0. The SMILES string of the molecule is CCNC(=NCc1ccc(NC(=O)c2ccco2)cc1)NCCSc1ccccc1.I. The summed E-state index contributed by atoms with van der Waals surface area (Å²) in [5.74, 6) is 1.77. The lowest BCUT2D eigenvalue weighted by Crippen LogP contribution is -2.38. The minimum atomic E-state index is -0.266. The fourth-order valence-electron chi connectivity index (χ4n) is 2.66. The third-order valence-corrected chi connectivity index (χ3v) is 5.14. The van der Waals surface area contributed by atoms with Crippen molar-refractivity contribution in [2.45, 2.75) is 18.4 Å². The molecular formula is C23H27IN4O2S. The zero-order chi connectivity index (χ0) is 21.0. The molecule has 0 aliphatic rings. The topological polar surface area (TPSA) is 78.7 Å². The molecule has 1 heterocycles. The Morgan fingerprint density at radius 3 is 2.45 bits per heavy atom. The molecule has 6 nitrogen and oxygen atoms in total. The average molecular weight is 550 g/mol. The molecule has 3 rings (SSSR count). The molecule has 0 bridgehead atoms. The summed E-state index contributed by atoms with van der Waals surface area (Å²) in [5, 5.41) is 9.44. The highest BCUT2D eigenvalue weighted by Crippen LogP contribution is 2.16. The van der Waals surface area contributed by atoms with Gasteiger partial charge in [-0.25, -0.2) is 4.99 Å². The molecule has 0 saturated carbocycles. The number of nitrogens with zero attached hydrogens (tertiary/aromatic N) is 1. The molecule has 1 amide bonds. The fourth-order valence-corrected chi connectivity index (χ4v) is 3.45. The number of guanidine groups is 1. The van der Waals surface area contributed by atoms with Crippen LogP contribution >= 0.6 is 35.7 Å². The second-order valence-electron chi connectivity index (χ2n) is 6.41. The first-order chi connectivity index (χ1) is 14.7. The fraction of sp³-hybridized carbons (Fsp3) is 0.217. The van der Waals surface area contributed by atoms with Gasteiger partial charge in [-0.05, 0) is 48.9 Å². The maximum Gasteiger partial charge on any atom is 0.291 e. The minimum absolute atomic E-state index is 0. The molecule has 3 aromatic rings. The Hall–Kier alpha value is -2.46. The molecule has 0 fully saturated rings. The maximum atomic E-state index is 12.0. The zero-order valence-corrected chi connectivity index (χ0v) is 20.5. The predicted octanol–water partition coefficient (Wildman–Crippen LogP) is 5.00. The van der Waals surface area contributed by atoms with Crippen LogP contribution in [0.2, 0.25) is 0 Å². The van der Waals surface area contributed by atoms with Crippen molar-refractivity contribution in [2.24, 2.45) is 4.99 Å². The zero-order valence-electron chi connectivity index (χ0n) is 17.3. The number of amides is 1. The third-order valence-electron chi connectivity index (χ3n) is 4.13. The third kappa shape index (κ3) is 8.66. The van der Waals surface area contributed by atoms with Gasteiger partial charge in [-0.3, -0.25) is 4.79 Å². The van der Waals surface area contributed by atoms with E-state index in [0.29, 0.717) is 12.2 Å². The van der Waals surface area contributed by atoms with Crippen molar-refractivity contribution < 1.29 is 9.21 Å². The van der Waals surface area contributed by atoms with E-state index in [1.807, 2.05) is 49.0 Å². The van der Waals surface area contributed by atoms with Gasteiger partial charge in [0, 0.05) is 29.4 Å². The van der Waals surface area contributed by atoms with Crippen molar-refractivity contribution in [2.75, 3.05) is 24.2 Å². The van der Waals surface area contributed by atoms with Gasteiger partial charge in [-0.1, -0.05) is 30.3 Å². The van der Waals surface area contributed by atoms with Crippen LogP contribution in [0.4, 0.5) is 5.69 Å². The molecule has 2 aromatic carbocycles. The number of anilines is 1. The van der Waals surface area contributed by atoms with Gasteiger partial charge in [0.25, 0.3) is 5.91 Å². The summed E-state index contributed by atoms with van der Waals surface area (Å²) >= 11 is 1.81. The molecule has 0 saturated heterocycles. The number of carbonyl (C=O) groups excluding carboxylic acids is 1. The summed E-state index contributed by atoms with van der Waals surface area (Å²) in [4.78, 5) is 17.9. The van der Waals surface area contributed by atoms with Gasteiger partial charge < -0.3 is 20.4 Å². The summed E-state index contributed by atoms with van der Waals surface area (Å²) in [6, 6.07) is 21.3. The van der Waals surface area contributed by atoms with Crippen LogP contribution in [0.25, 0.3) is 0 Å². The van der Waals surface area contributed by atoms with Gasteiger partial charge in [0.05, 0.1) is 12.8 Å². The van der Waals surface area contributed by atoms with Crippen molar-refractivity contribution in [1.82, 2.24) is 10.6 Å². The van der Waals surface area contributed by atoms with E-state index in [-0.39, 0.29) is 35.6 Å². The highest BCUT2D eigenvalue weighted by molar-refractivity contribution is 14.0. The standard InChI is InChI=1S/C23H26N4O2S.HI/c1-2-24-23(25-14-16-30-20-7-4-3-5-8-20)26-17-18-10-12-19(13-11-18)27-22(28)21-9-6-15-29-21;/h3-13,15H,2,14,16-17H2,1H3,(H,27,28)(H2,24,25,26);1H. The van der Waals surface area contributed by atoms with Gasteiger partial charge in [0.15, 0.2) is 11.7 Å². The van der Waals surface area contributed by atoms with E-state index in [0.717, 1.165) is 30.4 Å². The molecular weight excluding hydrogens is 523 g/mol. The van der Waals surface area contributed by atoms with Crippen LogP contribution in [0, 0.1) is 0 Å². The van der Waals surface area contributed by atoms with E-state index in [9.17, 15) is 4.79 Å². The second kappa shape index (κ2) is 13.8. The van der Waals surface area contributed by atoms with Crippen LogP contribution in [-0.4, -0.2) is 30.7 Å². The molecule has 1 aromatic heterocycles. The predicted molar refractivity (Wildman–Crippen MR) is 139 cm³/mol. The maximum absolute atomic E-state index is 12.0. The highest BCUT2D eigenvalue weighted by atomic mass is 127. The van der Waals surface area contributed by atoms with Gasteiger partial charge in [-0.2, -0.15) is 0 Å². The lowest BCUT2D eigenvalue weighted by atomic mass is 10.2. The van der Waals surface area contributed by atoms with Crippen molar-refractivity contribution in [3.8, 4) is 0 Å². The van der Waals surface area contributed by atoms with Gasteiger partial charge in [-0.15, -0.1) is 35.7 Å². The number of aliphatic imine (C=N–C) groups is 1. The molecule has 31 heavy (non-hydrogen) atoms. The molecule has 3 N–H and O–H groups in total. The monoisotopic (exact) mass is 550 g/mol. The molecule has 0 radical (unpaired) electrons. The van der Waals surface area contributed by atoms with Crippen molar-refractivity contribution in [3.05, 3.63) is 84.3 Å². The Balaban J connectivity index is 0.00000341. The quantitative estimate of drug-likeness (QED) is 0.115. The molecule has 0 spiro atoms. The lowest BCUT2D eigenvalue weighted by Gasteiger charge is -2.11. The van der Waals surface area contributed by atoms with E-state index < -0.39 is 0 Å². The van der Waals surface area contributed by atoms with Crippen LogP contribution in [0.3, 0.4) is 0 Å². The summed E-state index contributed by atoms with van der Waals surface area (Å²) in [5.41, 5.74) is 1.77. The normalized spacial score (nSPS) is 10.8. The lowest BCUT2D eigenvalue weighted by molar-refractivity contribution is 0.0996. The Bertz CT molecular complexity index is 932. The molecule has 0 atom stereocenters. The number of benzene rings is 2. The number of hydrogen-bond acceptors (Lipinski definition) is 4. The molecule has 164 valence electrons. The number of hydrogen-bond donors (Lipinski definition) is 3. The van der Waals surface area contributed by atoms with Crippen LogP contribution < -0.4 is 16.0 Å². The molecule has 0 aliphatic carbocycles. The van der Waals surface area contributed by atoms with Crippen molar-refractivity contribution in [1.29, 1.82) is 0 Å². The van der Waals surface area contributed by atoms with Crippen molar-refractivity contribution in [3.63, 3.8) is 0 Å². The minimum Gasteiger partial charge on any atom is -0.459 e. The number of halogens is 1. The van der Waals surface area contributed by atoms with E-state index >= 15 is 0 Å². The summed E-state index contributed by atoms with van der Waals surface area (Å²) in [6.07, 6.45) is 1.48. The van der Waals surface area contributed by atoms with Crippen LogP contribution in [0.15, 0.2) is 87.3 Å². The number of thioether (sulfide) groups is 1. The molecule has 8 heteroatoms. The first kappa shape index (κ1) is 24.8. The van der Waals surface area contributed by atoms with E-state index in [1.165, 1.54) is 11.2 Å². The first-order valence-electron chi connectivity index (χ1n) is 9.88. The van der Waals surface area contributed by atoms with Gasteiger partial charge >= 0.3 is 0 Å². The van der Waals surface area contributed by atoms with Gasteiger partial charge in [0.2, 0.25) is 0 Å². The Morgan fingerprint density at radius 1 is 1.00 bits per heavy atom. The largest absolute Gasteiger partial charge is 0.459 e. The number of carbonyl (C=O) groups is 1.